The lowest BCUT2D eigenvalue weighted by Gasteiger charge is -2.45. The number of nitrogens with one attached hydrogen (secondary N) is 1. The van der Waals surface area contributed by atoms with E-state index < -0.39 is 10.0 Å². The quantitative estimate of drug-likeness (QED) is 0.355. The maximum atomic E-state index is 11.9. The molecule has 9 heteroatoms. The highest BCUT2D eigenvalue weighted by atomic mass is 127. The van der Waals surface area contributed by atoms with E-state index in [9.17, 15) is 8.42 Å². The van der Waals surface area contributed by atoms with Crippen LogP contribution < -0.4 is 5.32 Å². The van der Waals surface area contributed by atoms with Crippen LogP contribution in [0.5, 0.6) is 0 Å². The van der Waals surface area contributed by atoms with Crippen molar-refractivity contribution in [3.05, 3.63) is 0 Å². The van der Waals surface area contributed by atoms with Gasteiger partial charge in [-0.3, -0.25) is 4.99 Å². The molecule has 2 heterocycles. The molecule has 6 nitrogen and oxygen atoms in total. The second kappa shape index (κ2) is 9.65. The summed E-state index contributed by atoms with van der Waals surface area (Å²) in [5.74, 6) is 2.09. The van der Waals surface area contributed by atoms with Crippen LogP contribution in [0.4, 0.5) is 0 Å². The Morgan fingerprint density at radius 1 is 1.23 bits per heavy atom. The van der Waals surface area contributed by atoms with E-state index in [1.165, 1.54) is 38.4 Å². The minimum Gasteiger partial charge on any atom is -0.355 e. The summed E-state index contributed by atoms with van der Waals surface area (Å²) in [6, 6.07) is 0.0505. The second-order valence-corrected chi connectivity index (χ2v) is 11.1. The number of sulfonamides is 1. The summed E-state index contributed by atoms with van der Waals surface area (Å²) >= 11 is 2.15. The molecule has 3 fully saturated rings. The molecule has 1 saturated carbocycles. The van der Waals surface area contributed by atoms with E-state index in [1.807, 2.05) is 7.05 Å². The van der Waals surface area contributed by atoms with Gasteiger partial charge in [-0.25, -0.2) is 8.42 Å². The highest BCUT2D eigenvalue weighted by Gasteiger charge is 2.38. The lowest BCUT2D eigenvalue weighted by molar-refractivity contribution is 0.291. The molecule has 0 aromatic rings. The summed E-state index contributed by atoms with van der Waals surface area (Å²) in [5, 5.41) is 3.47. The van der Waals surface area contributed by atoms with Crippen molar-refractivity contribution >= 4 is 51.7 Å². The van der Waals surface area contributed by atoms with Gasteiger partial charge in [-0.05, 0) is 25.7 Å². The molecule has 0 bridgehead atoms. The minimum atomic E-state index is -3.12. The monoisotopic (exact) mass is 516 g/mol. The Bertz CT molecular complexity index is 588. The fourth-order valence-electron chi connectivity index (χ4n) is 4.52. The number of thioether (sulfide) groups is 1. The normalized spacial score (nSPS) is 27.4. The molecule has 2 aliphatic heterocycles. The first-order valence-electron chi connectivity index (χ1n) is 9.50. The number of nitrogens with zero attached hydrogens (tertiary/aromatic N) is 3. The first kappa shape index (κ1) is 22.5. The van der Waals surface area contributed by atoms with E-state index in [-0.39, 0.29) is 30.0 Å². The number of guanidine groups is 1. The average Bonchev–Trinajstić information content (AvgIpc) is 3.05. The van der Waals surface area contributed by atoms with Crippen LogP contribution in [-0.4, -0.2) is 79.6 Å². The number of hydrogen-bond acceptors (Lipinski definition) is 4. The summed E-state index contributed by atoms with van der Waals surface area (Å²) < 4.78 is 25.9. The molecule has 1 spiro atoms. The summed E-state index contributed by atoms with van der Waals surface area (Å²) in [6.45, 7) is 3.38. The molecule has 152 valence electrons. The largest absolute Gasteiger partial charge is 0.355 e. The molecule has 1 atom stereocenters. The van der Waals surface area contributed by atoms with Crippen molar-refractivity contribution < 1.29 is 8.42 Å². The summed E-state index contributed by atoms with van der Waals surface area (Å²) in [4.78, 5) is 6.88. The van der Waals surface area contributed by atoms with Gasteiger partial charge >= 0.3 is 0 Å². The fraction of sp³-hybridized carbons (Fsp3) is 0.941. The highest BCUT2D eigenvalue weighted by Crippen LogP contribution is 2.42. The zero-order chi connectivity index (χ0) is 17.9. The standard InChI is InChI=1S/C17H32N4O2S2.HI/c1-18-16(19-13-15-7-6-10-21(15)25(2,22)23)20-11-12-24-17(14-20)8-4-3-5-9-17;/h15H,3-14H2,1-2H3,(H,18,19);1H/t15-;/m1./s1. The highest BCUT2D eigenvalue weighted by molar-refractivity contribution is 14.0. The molecular weight excluding hydrogens is 483 g/mol. The van der Waals surface area contributed by atoms with Gasteiger partial charge in [0.15, 0.2) is 5.96 Å². The van der Waals surface area contributed by atoms with E-state index in [2.05, 4.69) is 27.0 Å². The van der Waals surface area contributed by atoms with Crippen LogP contribution in [0.25, 0.3) is 0 Å². The molecule has 0 aromatic heterocycles. The van der Waals surface area contributed by atoms with E-state index in [0.29, 0.717) is 17.8 Å². The van der Waals surface area contributed by atoms with Gasteiger partial charge in [0, 0.05) is 49.8 Å². The SMILES string of the molecule is CN=C(NC[C@H]1CCCN1S(C)(=O)=O)N1CCSC2(CCCCC2)C1.I. The van der Waals surface area contributed by atoms with Crippen LogP contribution in [0.2, 0.25) is 0 Å². The Hall–Kier alpha value is 0.260. The van der Waals surface area contributed by atoms with Gasteiger partial charge in [-0.2, -0.15) is 16.1 Å². The van der Waals surface area contributed by atoms with Crippen LogP contribution >= 0.6 is 35.7 Å². The van der Waals surface area contributed by atoms with Gasteiger partial charge in [-0.1, -0.05) is 19.3 Å². The molecule has 0 amide bonds. The molecule has 2 saturated heterocycles. The Kier molecular flexibility index (Phi) is 8.36. The number of aliphatic imine (C=N–C) groups is 1. The molecule has 1 aliphatic carbocycles. The van der Waals surface area contributed by atoms with E-state index in [4.69, 9.17) is 0 Å². The average molecular weight is 517 g/mol. The lowest BCUT2D eigenvalue weighted by atomic mass is 9.87. The van der Waals surface area contributed by atoms with Crippen LogP contribution in [-0.2, 0) is 10.0 Å². The zero-order valence-electron chi connectivity index (χ0n) is 15.9. The Balaban J connectivity index is 0.00000243. The molecule has 0 aromatic carbocycles. The third-order valence-corrected chi connectivity index (χ3v) is 8.64. The van der Waals surface area contributed by atoms with Gasteiger partial charge in [0.05, 0.1) is 6.26 Å². The summed E-state index contributed by atoms with van der Waals surface area (Å²) in [6.07, 6.45) is 9.88. The summed E-state index contributed by atoms with van der Waals surface area (Å²) in [5.41, 5.74) is 0. The first-order valence-corrected chi connectivity index (χ1v) is 12.3. The van der Waals surface area contributed by atoms with Gasteiger partial charge < -0.3 is 10.2 Å². The Morgan fingerprint density at radius 2 is 1.96 bits per heavy atom. The molecular formula is C17H33IN4O2S2. The van der Waals surface area contributed by atoms with Crippen molar-refractivity contribution in [2.75, 3.05) is 45.2 Å². The van der Waals surface area contributed by atoms with Crippen molar-refractivity contribution in [3.8, 4) is 0 Å². The van der Waals surface area contributed by atoms with Crippen molar-refractivity contribution in [2.24, 2.45) is 4.99 Å². The fourth-order valence-corrected chi connectivity index (χ4v) is 7.27. The molecule has 3 rings (SSSR count). The molecule has 0 unspecified atom stereocenters. The molecule has 26 heavy (non-hydrogen) atoms. The minimum absolute atomic E-state index is 0. The Labute approximate surface area is 180 Å². The Morgan fingerprint density at radius 3 is 2.62 bits per heavy atom. The number of rotatable bonds is 3. The lowest BCUT2D eigenvalue weighted by Crippen LogP contribution is -2.55. The predicted octanol–water partition coefficient (Wildman–Crippen LogP) is 2.36. The topological polar surface area (TPSA) is 65.0 Å². The molecule has 0 radical (unpaired) electrons. The van der Waals surface area contributed by atoms with Gasteiger partial charge in [0.1, 0.15) is 0 Å². The predicted molar refractivity (Wildman–Crippen MR) is 121 cm³/mol. The van der Waals surface area contributed by atoms with Crippen molar-refractivity contribution in [2.45, 2.75) is 55.7 Å². The van der Waals surface area contributed by atoms with Crippen LogP contribution in [0.3, 0.4) is 0 Å². The third-order valence-electron chi connectivity index (χ3n) is 5.77. The third kappa shape index (κ3) is 5.41. The molecule has 3 aliphatic rings. The van der Waals surface area contributed by atoms with E-state index in [1.54, 1.807) is 4.31 Å². The van der Waals surface area contributed by atoms with Crippen LogP contribution in [0.15, 0.2) is 4.99 Å². The smallest absolute Gasteiger partial charge is 0.211 e. The second-order valence-electron chi connectivity index (χ2n) is 7.61. The maximum Gasteiger partial charge on any atom is 0.211 e. The van der Waals surface area contributed by atoms with Crippen molar-refractivity contribution in [3.63, 3.8) is 0 Å². The van der Waals surface area contributed by atoms with Crippen LogP contribution in [0.1, 0.15) is 44.9 Å². The van der Waals surface area contributed by atoms with Gasteiger partial charge in [0.2, 0.25) is 10.0 Å². The van der Waals surface area contributed by atoms with E-state index >= 15 is 0 Å². The van der Waals surface area contributed by atoms with Crippen LogP contribution in [0, 0.1) is 0 Å². The number of hydrogen-bond donors (Lipinski definition) is 1. The number of halogens is 1. The summed E-state index contributed by atoms with van der Waals surface area (Å²) in [7, 11) is -1.28. The maximum absolute atomic E-state index is 11.9. The van der Waals surface area contributed by atoms with Crippen molar-refractivity contribution in [1.82, 2.24) is 14.5 Å². The first-order chi connectivity index (χ1) is 11.9. The zero-order valence-corrected chi connectivity index (χ0v) is 19.9. The van der Waals surface area contributed by atoms with Gasteiger partial charge in [-0.15, -0.1) is 24.0 Å². The molecule has 1 N–H and O–H groups in total. The van der Waals surface area contributed by atoms with Gasteiger partial charge in [0.25, 0.3) is 0 Å². The van der Waals surface area contributed by atoms with E-state index in [0.717, 1.165) is 37.6 Å². The van der Waals surface area contributed by atoms with Crippen molar-refractivity contribution in [1.29, 1.82) is 0 Å².